The van der Waals surface area contributed by atoms with Crippen molar-refractivity contribution in [3.05, 3.63) is 242 Å². The SMILES string of the molecule is [2H]c1c([2H])c(-n2c3ccccc3c3ccc4c(c5ccccc5n4-c4ccccc4)c32)c(C#N)c([2H])c1-c1nc(-c2cccc(-c3ccccc3)c2)nc(-c2ccc3c(c2)c2ccccc2n3-c2ccccc2)n1. The van der Waals surface area contributed by atoms with Crippen LogP contribution in [0.5, 0.6) is 0 Å². The topological polar surface area (TPSA) is 77.2 Å². The normalized spacial score (nSPS) is 12.2. The molecule has 0 unspecified atom stereocenters. The summed E-state index contributed by atoms with van der Waals surface area (Å²) in [7, 11) is 0. The van der Waals surface area contributed by atoms with Gasteiger partial charge in [0.25, 0.3) is 0 Å². The van der Waals surface area contributed by atoms with Crippen LogP contribution in [0, 0.1) is 11.3 Å². The molecule has 0 amide bonds. The van der Waals surface area contributed by atoms with Crippen molar-refractivity contribution in [1.82, 2.24) is 28.7 Å². The van der Waals surface area contributed by atoms with E-state index in [-0.39, 0.29) is 40.8 Å². The van der Waals surface area contributed by atoms with Crippen molar-refractivity contribution in [1.29, 1.82) is 5.26 Å². The zero-order chi connectivity index (χ0) is 49.6. The van der Waals surface area contributed by atoms with Crippen LogP contribution >= 0.6 is 0 Å². The zero-order valence-electron chi connectivity index (χ0n) is 40.9. The Labute approximate surface area is 412 Å². The first-order valence-corrected chi connectivity index (χ1v) is 23.5. The van der Waals surface area contributed by atoms with Crippen molar-refractivity contribution >= 4 is 65.4 Å². The van der Waals surface area contributed by atoms with Crippen LogP contribution in [0.4, 0.5) is 0 Å². The average Bonchev–Trinajstić information content (AvgIpc) is 4.11. The Bertz CT molecular complexity index is 4650. The number of rotatable bonds is 7. The van der Waals surface area contributed by atoms with Crippen LogP contribution in [0.2, 0.25) is 0 Å². The number of hydrogen-bond donors (Lipinski definition) is 0. The number of hydrogen-bond acceptors (Lipinski definition) is 4. The highest BCUT2D eigenvalue weighted by molar-refractivity contribution is 6.26. The Hall–Kier alpha value is -9.90. The third kappa shape index (κ3) is 6.40. The minimum atomic E-state index is -0.281. The lowest BCUT2D eigenvalue weighted by Gasteiger charge is -2.13. The van der Waals surface area contributed by atoms with E-state index in [4.69, 9.17) is 15.0 Å². The number of aromatic nitrogens is 6. The third-order valence-corrected chi connectivity index (χ3v) is 13.6. The number of nitrogens with zero attached hydrogens (tertiary/aromatic N) is 7. The van der Waals surface area contributed by atoms with Crippen molar-refractivity contribution in [2.75, 3.05) is 0 Å². The molecule has 0 fully saturated rings. The molecule has 0 radical (unpaired) electrons. The molecule has 0 aliphatic rings. The van der Waals surface area contributed by atoms with Gasteiger partial charge in [0.05, 0.1) is 48.5 Å². The molecule has 14 aromatic rings. The molecule has 7 nitrogen and oxygen atoms in total. The van der Waals surface area contributed by atoms with Crippen LogP contribution in [0.25, 0.3) is 128 Å². The number of nitriles is 1. The minimum Gasteiger partial charge on any atom is -0.309 e. The monoisotopic (exact) mass is 908 g/mol. The van der Waals surface area contributed by atoms with E-state index in [9.17, 15) is 9.37 Å². The van der Waals surface area contributed by atoms with Crippen LogP contribution in [-0.4, -0.2) is 28.7 Å². The maximum absolute atomic E-state index is 11.4. The van der Waals surface area contributed by atoms with E-state index in [1.807, 2.05) is 150 Å². The lowest BCUT2D eigenvalue weighted by molar-refractivity contribution is 1.07. The molecule has 0 aliphatic carbocycles. The molecule has 71 heavy (non-hydrogen) atoms. The molecule has 7 heteroatoms. The Balaban J connectivity index is 1.03. The molecular formula is C64H39N7. The predicted octanol–water partition coefficient (Wildman–Crippen LogP) is 15.7. The minimum absolute atomic E-state index is 0.0176. The summed E-state index contributed by atoms with van der Waals surface area (Å²) in [5.41, 5.74) is 11.0. The molecule has 14 rings (SSSR count). The lowest BCUT2D eigenvalue weighted by Crippen LogP contribution is -2.02. The van der Waals surface area contributed by atoms with Crippen LogP contribution in [0.3, 0.4) is 0 Å². The van der Waals surface area contributed by atoms with Gasteiger partial charge in [0.15, 0.2) is 17.5 Å². The summed E-state index contributed by atoms with van der Waals surface area (Å²) >= 11 is 0. The van der Waals surface area contributed by atoms with Crippen LogP contribution in [0.1, 0.15) is 9.68 Å². The summed E-state index contributed by atoms with van der Waals surface area (Å²) in [6, 6.07) is 75.0. The van der Waals surface area contributed by atoms with Crippen molar-refractivity contribution in [2.24, 2.45) is 0 Å². The van der Waals surface area contributed by atoms with E-state index in [2.05, 4.69) is 88.0 Å². The maximum Gasteiger partial charge on any atom is 0.164 e. The standard InChI is InChI=1S/C64H39N7/c65-40-46-38-44(31-34-54(46)71-56-29-14-10-25-49(56)51-33-36-59-60(61(51)71)52-27-12-15-30-57(52)70(59)48-23-8-3-9-24-48)63-66-62(43-20-16-19-42(37-43)41-17-4-1-5-18-41)67-64(68-63)45-32-35-58-53(39-45)50-26-11-13-28-55(50)69(58)47-21-6-2-7-22-47/h1-39H/i31D,34D,38D. The molecule has 0 saturated heterocycles. The molecule has 4 aromatic heterocycles. The van der Waals surface area contributed by atoms with Crippen molar-refractivity contribution < 1.29 is 4.11 Å². The molecule has 0 N–H and O–H groups in total. The molecule has 0 aliphatic heterocycles. The van der Waals surface area contributed by atoms with Gasteiger partial charge in [-0.1, -0.05) is 146 Å². The lowest BCUT2D eigenvalue weighted by atomic mass is 10.0. The Morgan fingerprint density at radius 1 is 0.366 bits per heavy atom. The molecule has 4 heterocycles. The fourth-order valence-corrected chi connectivity index (χ4v) is 10.5. The van der Waals surface area contributed by atoms with E-state index < -0.39 is 0 Å². The number of fused-ring (bicyclic) bond motifs is 10. The Morgan fingerprint density at radius 2 is 0.859 bits per heavy atom. The Morgan fingerprint density at radius 3 is 1.54 bits per heavy atom. The van der Waals surface area contributed by atoms with Gasteiger partial charge in [-0.2, -0.15) is 5.26 Å². The molecule has 330 valence electrons. The van der Waals surface area contributed by atoms with Crippen molar-refractivity contribution in [2.45, 2.75) is 0 Å². The molecular weight excluding hydrogens is 867 g/mol. The second-order valence-electron chi connectivity index (χ2n) is 17.7. The fourth-order valence-electron chi connectivity index (χ4n) is 10.5. The first-order chi connectivity index (χ1) is 36.4. The number of benzene rings is 10. The van der Waals surface area contributed by atoms with Gasteiger partial charge in [-0.05, 0) is 102 Å². The van der Waals surface area contributed by atoms with E-state index in [1.165, 1.54) is 0 Å². The van der Waals surface area contributed by atoms with Gasteiger partial charge in [0, 0.05) is 60.4 Å². The molecule has 0 saturated carbocycles. The zero-order valence-corrected chi connectivity index (χ0v) is 37.9. The van der Waals surface area contributed by atoms with E-state index in [0.717, 1.165) is 87.9 Å². The fraction of sp³-hybridized carbons (Fsp3) is 0. The highest BCUT2D eigenvalue weighted by Gasteiger charge is 2.23. The van der Waals surface area contributed by atoms with Crippen molar-refractivity contribution in [3.8, 4) is 68.4 Å². The van der Waals surface area contributed by atoms with Crippen LogP contribution in [0.15, 0.2) is 237 Å². The molecule has 0 atom stereocenters. The van der Waals surface area contributed by atoms with Gasteiger partial charge in [-0.25, -0.2) is 15.0 Å². The van der Waals surface area contributed by atoms with Gasteiger partial charge in [-0.3, -0.25) is 0 Å². The van der Waals surface area contributed by atoms with Gasteiger partial charge in [0.2, 0.25) is 0 Å². The summed E-state index contributed by atoms with van der Waals surface area (Å²) in [6.07, 6.45) is 0. The summed E-state index contributed by atoms with van der Waals surface area (Å²) in [4.78, 5) is 15.3. The Kier molecular flexibility index (Phi) is 8.43. The number of para-hydroxylation sites is 5. The average molecular weight is 909 g/mol. The third-order valence-electron chi connectivity index (χ3n) is 13.6. The predicted molar refractivity (Wildman–Crippen MR) is 289 cm³/mol. The second kappa shape index (κ2) is 16.1. The van der Waals surface area contributed by atoms with Crippen molar-refractivity contribution in [3.63, 3.8) is 0 Å². The highest BCUT2D eigenvalue weighted by Crippen LogP contribution is 2.43. The highest BCUT2D eigenvalue weighted by atomic mass is 15.0. The quantitative estimate of drug-likeness (QED) is 0.160. The smallest absolute Gasteiger partial charge is 0.164 e. The summed E-state index contributed by atoms with van der Waals surface area (Å²) < 4.78 is 36.4. The van der Waals surface area contributed by atoms with Gasteiger partial charge < -0.3 is 13.7 Å². The summed E-state index contributed by atoms with van der Waals surface area (Å²) in [5.74, 6) is 0.659. The molecule has 0 spiro atoms. The van der Waals surface area contributed by atoms with E-state index >= 15 is 0 Å². The van der Waals surface area contributed by atoms with Gasteiger partial charge in [-0.15, -0.1) is 0 Å². The van der Waals surface area contributed by atoms with E-state index in [1.54, 1.807) is 0 Å². The maximum atomic E-state index is 11.4. The van der Waals surface area contributed by atoms with Gasteiger partial charge in [0.1, 0.15) is 6.07 Å². The second-order valence-corrected chi connectivity index (χ2v) is 17.7. The summed E-state index contributed by atoms with van der Waals surface area (Å²) in [6.45, 7) is 0. The molecule has 10 aromatic carbocycles. The van der Waals surface area contributed by atoms with Crippen LogP contribution < -0.4 is 0 Å². The summed E-state index contributed by atoms with van der Waals surface area (Å²) in [5, 5.41) is 17.2. The molecule has 0 bridgehead atoms. The first kappa shape index (κ1) is 37.1. The van der Waals surface area contributed by atoms with Gasteiger partial charge >= 0.3 is 0 Å². The first-order valence-electron chi connectivity index (χ1n) is 25.0. The van der Waals surface area contributed by atoms with E-state index in [0.29, 0.717) is 22.8 Å². The van der Waals surface area contributed by atoms with Crippen LogP contribution in [-0.2, 0) is 0 Å². The largest absolute Gasteiger partial charge is 0.309 e.